The van der Waals surface area contributed by atoms with Crippen molar-refractivity contribution in [2.24, 2.45) is 11.1 Å². The number of nitrogens with zero attached hydrogens (tertiary/aromatic N) is 1. The number of carbonyl (C=O) groups is 2. The minimum Gasteiger partial charge on any atom is -0.496 e. The Kier molecular flexibility index (Phi) is 7.02. The van der Waals surface area contributed by atoms with E-state index in [1.807, 2.05) is 0 Å². The lowest BCUT2D eigenvalue weighted by Crippen LogP contribution is -2.25. The van der Waals surface area contributed by atoms with Crippen molar-refractivity contribution in [2.45, 2.75) is 18.6 Å². The lowest BCUT2D eigenvalue weighted by Gasteiger charge is -2.16. The summed E-state index contributed by atoms with van der Waals surface area (Å²) in [6.07, 6.45) is -9.32. The summed E-state index contributed by atoms with van der Waals surface area (Å²) in [5.74, 6) is -4.59. The highest BCUT2D eigenvalue weighted by Gasteiger charge is 2.44. The molecule has 3 aromatic carbocycles. The Morgan fingerprint density at radius 2 is 1.70 bits per heavy atom. The molecule has 0 aliphatic carbocycles. The molecular formula is C28H20F6N4O6. The number of hydrogen-bond acceptors (Lipinski definition) is 8. The fourth-order valence-corrected chi connectivity index (χ4v) is 5.04. The number of amides is 2. The molecule has 44 heavy (non-hydrogen) atoms. The molecular weight excluding hydrogens is 602 g/mol. The maximum absolute atomic E-state index is 13.8. The van der Waals surface area contributed by atoms with Crippen LogP contribution in [0.25, 0.3) is 0 Å². The Labute approximate surface area is 243 Å². The molecule has 3 N–H and O–H groups in total. The molecule has 0 radical (unpaired) electrons. The number of halogens is 6. The Morgan fingerprint density at radius 1 is 0.977 bits per heavy atom. The fraction of sp³-hybridized carbons (Fsp3) is 0.250. The van der Waals surface area contributed by atoms with Gasteiger partial charge in [-0.15, -0.1) is 8.78 Å². The first-order valence-electron chi connectivity index (χ1n) is 12.9. The fourth-order valence-electron chi connectivity index (χ4n) is 5.04. The minimum absolute atomic E-state index is 0.0233. The average Bonchev–Trinajstić information content (AvgIpc) is 3.66. The van der Waals surface area contributed by atoms with Crippen LogP contribution < -0.4 is 30.2 Å². The SMILES string of the molecule is COc1ccc(C2=NOC3CNCC23)cc1C(=O)Nc1cc2c(cc1C(=O)Nc1ccc(F)c(C(F)(F)F)c1)OC(F)(F)O2. The Bertz CT molecular complexity index is 1710. The molecule has 0 aromatic heterocycles. The largest absolute Gasteiger partial charge is 0.586 e. The summed E-state index contributed by atoms with van der Waals surface area (Å²) >= 11 is 0. The van der Waals surface area contributed by atoms with Crippen molar-refractivity contribution in [3.8, 4) is 17.2 Å². The Balaban J connectivity index is 1.33. The predicted octanol–water partition coefficient (Wildman–Crippen LogP) is 5.00. The number of nitrogens with one attached hydrogen (secondary N) is 3. The lowest BCUT2D eigenvalue weighted by atomic mass is 9.93. The summed E-state index contributed by atoms with van der Waals surface area (Å²) in [5.41, 5.74) is -1.83. The summed E-state index contributed by atoms with van der Waals surface area (Å²) < 4.78 is 95.2. The van der Waals surface area contributed by atoms with Gasteiger partial charge in [-0.3, -0.25) is 9.59 Å². The zero-order chi connectivity index (χ0) is 31.4. The molecule has 2 amide bonds. The van der Waals surface area contributed by atoms with Crippen LogP contribution in [0.15, 0.2) is 53.7 Å². The van der Waals surface area contributed by atoms with Crippen LogP contribution in [-0.2, 0) is 11.0 Å². The van der Waals surface area contributed by atoms with Gasteiger partial charge in [0.05, 0.1) is 41.1 Å². The van der Waals surface area contributed by atoms with Crippen molar-refractivity contribution >= 4 is 28.9 Å². The van der Waals surface area contributed by atoms with E-state index < -0.39 is 58.4 Å². The van der Waals surface area contributed by atoms with Gasteiger partial charge in [-0.1, -0.05) is 5.16 Å². The first kappa shape index (κ1) is 29.1. The number of fused-ring (bicyclic) bond motifs is 2. The van der Waals surface area contributed by atoms with Gasteiger partial charge in [-0.05, 0) is 42.5 Å². The number of methoxy groups -OCH3 is 1. The molecule has 10 nitrogen and oxygen atoms in total. The van der Waals surface area contributed by atoms with Crippen molar-refractivity contribution in [2.75, 3.05) is 30.8 Å². The Hall–Kier alpha value is -4.99. The van der Waals surface area contributed by atoms with E-state index in [9.17, 15) is 35.9 Å². The molecule has 0 bridgehead atoms. The van der Waals surface area contributed by atoms with Crippen molar-refractivity contribution in [1.82, 2.24) is 5.32 Å². The number of anilines is 2. The van der Waals surface area contributed by atoms with Crippen LogP contribution >= 0.6 is 0 Å². The van der Waals surface area contributed by atoms with Crippen LogP contribution in [0.3, 0.4) is 0 Å². The van der Waals surface area contributed by atoms with Crippen LogP contribution in [0.2, 0.25) is 0 Å². The molecule has 1 saturated heterocycles. The van der Waals surface area contributed by atoms with Gasteiger partial charge in [0, 0.05) is 30.4 Å². The van der Waals surface area contributed by atoms with E-state index in [1.165, 1.54) is 19.2 Å². The summed E-state index contributed by atoms with van der Waals surface area (Å²) in [6, 6.07) is 8.14. The maximum Gasteiger partial charge on any atom is 0.586 e. The van der Waals surface area contributed by atoms with Crippen LogP contribution in [-0.4, -0.2) is 50.1 Å². The van der Waals surface area contributed by atoms with E-state index in [4.69, 9.17) is 9.57 Å². The molecule has 230 valence electrons. The molecule has 16 heteroatoms. The zero-order valence-electron chi connectivity index (χ0n) is 22.4. The molecule has 0 spiro atoms. The average molecular weight is 622 g/mol. The van der Waals surface area contributed by atoms with Crippen molar-refractivity contribution in [1.29, 1.82) is 0 Å². The molecule has 3 aromatic rings. The van der Waals surface area contributed by atoms with E-state index in [-0.39, 0.29) is 29.0 Å². The number of carbonyl (C=O) groups excluding carboxylic acids is 2. The van der Waals surface area contributed by atoms with Gasteiger partial charge in [0.25, 0.3) is 11.8 Å². The van der Waals surface area contributed by atoms with Gasteiger partial charge in [0.15, 0.2) is 11.5 Å². The van der Waals surface area contributed by atoms with Gasteiger partial charge >= 0.3 is 12.5 Å². The lowest BCUT2D eigenvalue weighted by molar-refractivity contribution is -0.286. The van der Waals surface area contributed by atoms with E-state index >= 15 is 0 Å². The number of oxime groups is 1. The second-order valence-corrected chi connectivity index (χ2v) is 9.91. The summed E-state index contributed by atoms with van der Waals surface area (Å²) in [7, 11) is 1.32. The molecule has 0 saturated carbocycles. The quantitative estimate of drug-likeness (QED) is 0.331. The first-order chi connectivity index (χ1) is 20.8. The predicted molar refractivity (Wildman–Crippen MR) is 141 cm³/mol. The Morgan fingerprint density at radius 3 is 2.43 bits per heavy atom. The number of benzene rings is 3. The van der Waals surface area contributed by atoms with Crippen molar-refractivity contribution in [3.63, 3.8) is 0 Å². The highest BCUT2D eigenvalue weighted by Crippen LogP contribution is 2.44. The third-order valence-electron chi connectivity index (χ3n) is 7.10. The zero-order valence-corrected chi connectivity index (χ0v) is 22.4. The van der Waals surface area contributed by atoms with E-state index in [0.717, 1.165) is 18.2 Å². The molecule has 2 atom stereocenters. The van der Waals surface area contributed by atoms with Gasteiger partial charge < -0.3 is 35.0 Å². The maximum atomic E-state index is 13.8. The summed E-state index contributed by atoms with van der Waals surface area (Å²) in [5, 5.41) is 11.9. The van der Waals surface area contributed by atoms with Crippen molar-refractivity contribution < 1.29 is 55.0 Å². The normalized spacial score (nSPS) is 19.6. The second-order valence-electron chi connectivity index (χ2n) is 9.91. The van der Waals surface area contributed by atoms with Crippen LogP contribution in [0.5, 0.6) is 17.2 Å². The van der Waals surface area contributed by atoms with E-state index in [2.05, 4.69) is 30.6 Å². The second kappa shape index (κ2) is 10.6. The standard InChI is InChI=1S/C28H20F6N4O6/c1-41-20-5-2-12(24-16-10-35-11-23(16)44-38-24)6-15(20)26(40)37-19-9-22-21(42-28(33,34)43-22)8-14(19)25(39)36-13-3-4-18(29)17(7-13)27(30,31)32/h2-9,16,23,35H,10-11H2,1H3,(H,36,39)(H,37,40). The summed E-state index contributed by atoms with van der Waals surface area (Å²) in [4.78, 5) is 32.2. The van der Waals surface area contributed by atoms with E-state index in [0.29, 0.717) is 36.5 Å². The van der Waals surface area contributed by atoms with Gasteiger partial charge in [0.1, 0.15) is 17.7 Å². The number of rotatable bonds is 6. The topological polar surface area (TPSA) is 120 Å². The van der Waals surface area contributed by atoms with Crippen molar-refractivity contribution in [3.05, 3.63) is 76.6 Å². The van der Waals surface area contributed by atoms with Gasteiger partial charge in [-0.2, -0.15) is 13.2 Å². The van der Waals surface area contributed by atoms with Crippen LogP contribution in [0.4, 0.5) is 37.7 Å². The third kappa shape index (κ3) is 5.43. The minimum atomic E-state index is -5.06. The number of ether oxygens (including phenoxy) is 3. The molecule has 2 unspecified atom stereocenters. The third-order valence-corrected chi connectivity index (χ3v) is 7.10. The van der Waals surface area contributed by atoms with Crippen LogP contribution in [0.1, 0.15) is 31.8 Å². The first-order valence-corrected chi connectivity index (χ1v) is 12.9. The molecule has 1 fully saturated rings. The number of alkyl halides is 5. The smallest absolute Gasteiger partial charge is 0.496 e. The molecule has 6 rings (SSSR count). The molecule has 3 aliphatic heterocycles. The van der Waals surface area contributed by atoms with Crippen LogP contribution in [0, 0.1) is 11.7 Å². The highest BCUT2D eigenvalue weighted by atomic mass is 19.4. The highest BCUT2D eigenvalue weighted by molar-refractivity contribution is 6.14. The van der Waals surface area contributed by atoms with Gasteiger partial charge in [0.2, 0.25) is 0 Å². The monoisotopic (exact) mass is 622 g/mol. The number of hydrogen-bond donors (Lipinski definition) is 3. The van der Waals surface area contributed by atoms with Gasteiger partial charge in [-0.25, -0.2) is 4.39 Å². The van der Waals surface area contributed by atoms with E-state index in [1.54, 1.807) is 6.07 Å². The molecule has 3 aliphatic rings. The molecule has 3 heterocycles. The summed E-state index contributed by atoms with van der Waals surface area (Å²) in [6.45, 7) is 1.21.